The molecule has 0 spiro atoms. The largest absolute Gasteiger partial charge is 0.339 e. The summed E-state index contributed by atoms with van der Waals surface area (Å²) in [6.07, 6.45) is 3.65. The van der Waals surface area contributed by atoms with E-state index in [9.17, 15) is 18.0 Å². The Kier molecular flexibility index (Phi) is 7.10. The van der Waals surface area contributed by atoms with Gasteiger partial charge < -0.3 is 10.2 Å². The van der Waals surface area contributed by atoms with Gasteiger partial charge in [-0.1, -0.05) is 30.3 Å². The summed E-state index contributed by atoms with van der Waals surface area (Å²) >= 11 is 0. The Balaban J connectivity index is 1.60. The fraction of sp³-hybridized carbons (Fsp3) is 0.364. The predicted octanol–water partition coefficient (Wildman–Crippen LogP) is 3.11. The minimum Gasteiger partial charge on any atom is -0.339 e. The highest BCUT2D eigenvalue weighted by Gasteiger charge is 2.22. The van der Waals surface area contributed by atoms with Crippen molar-refractivity contribution in [3.8, 4) is 0 Å². The number of likely N-dealkylation sites (tertiary alicyclic amines) is 1. The molecule has 2 aromatic carbocycles. The van der Waals surface area contributed by atoms with E-state index < -0.39 is 10.0 Å². The lowest BCUT2D eigenvalue weighted by Crippen LogP contribution is -2.31. The maximum absolute atomic E-state index is 12.7. The van der Waals surface area contributed by atoms with Crippen LogP contribution < -0.4 is 9.62 Å². The fourth-order valence-electron chi connectivity index (χ4n) is 3.55. The van der Waals surface area contributed by atoms with Crippen LogP contribution >= 0.6 is 0 Å². The Morgan fingerprint density at radius 1 is 1.00 bits per heavy atom. The molecule has 160 valence electrons. The zero-order valence-corrected chi connectivity index (χ0v) is 17.9. The number of anilines is 2. The molecular formula is C22H27N3O4S. The Morgan fingerprint density at radius 2 is 1.63 bits per heavy atom. The number of benzene rings is 2. The number of sulfonamides is 1. The molecule has 0 unspecified atom stereocenters. The number of nitrogens with one attached hydrogen (secondary N) is 1. The van der Waals surface area contributed by atoms with Gasteiger partial charge in [-0.25, -0.2) is 8.42 Å². The minimum atomic E-state index is -3.45. The van der Waals surface area contributed by atoms with E-state index in [1.165, 1.54) is 4.31 Å². The smallest absolute Gasteiger partial charge is 0.255 e. The van der Waals surface area contributed by atoms with Crippen LogP contribution in [0.3, 0.4) is 0 Å². The second-order valence-electron chi connectivity index (χ2n) is 7.37. The third-order valence-corrected chi connectivity index (χ3v) is 6.23. The molecule has 2 amide bonds. The number of amides is 2. The van der Waals surface area contributed by atoms with Crippen LogP contribution in [0.2, 0.25) is 0 Å². The molecule has 0 aliphatic carbocycles. The van der Waals surface area contributed by atoms with Crippen LogP contribution in [0.15, 0.2) is 54.6 Å². The van der Waals surface area contributed by atoms with E-state index in [0.717, 1.165) is 32.2 Å². The van der Waals surface area contributed by atoms with Gasteiger partial charge >= 0.3 is 0 Å². The van der Waals surface area contributed by atoms with Gasteiger partial charge in [-0.15, -0.1) is 0 Å². The molecular weight excluding hydrogens is 402 g/mol. The molecule has 8 heteroatoms. The van der Waals surface area contributed by atoms with Gasteiger partial charge in [0.15, 0.2) is 0 Å². The molecule has 0 bridgehead atoms. The zero-order valence-electron chi connectivity index (χ0n) is 17.1. The lowest BCUT2D eigenvalue weighted by Gasteiger charge is -2.22. The second kappa shape index (κ2) is 9.75. The second-order valence-corrected chi connectivity index (χ2v) is 9.27. The third kappa shape index (κ3) is 5.60. The number of carbonyl (C=O) groups is 2. The Hall–Kier alpha value is -2.87. The van der Waals surface area contributed by atoms with Crippen LogP contribution in [0.5, 0.6) is 0 Å². The average molecular weight is 430 g/mol. The van der Waals surface area contributed by atoms with Crippen LogP contribution in [0.4, 0.5) is 11.4 Å². The quantitative estimate of drug-likeness (QED) is 0.699. The van der Waals surface area contributed by atoms with Gasteiger partial charge in [-0.05, 0) is 43.5 Å². The first-order valence-corrected chi connectivity index (χ1v) is 11.9. The van der Waals surface area contributed by atoms with E-state index in [-0.39, 0.29) is 24.8 Å². The molecule has 30 heavy (non-hydrogen) atoms. The standard InChI is InChI=1S/C22H27N3O4S/c1-30(28,29)25(18-10-3-2-4-11-18)17-9-14-21(26)23-20-13-6-5-12-19(20)22(27)24-15-7-8-16-24/h2-6,10-13H,7-9,14-17H2,1H3,(H,23,26). The van der Waals surface area contributed by atoms with Crippen LogP contribution in [0.1, 0.15) is 36.0 Å². The highest BCUT2D eigenvalue weighted by molar-refractivity contribution is 7.92. The van der Waals surface area contributed by atoms with E-state index in [1.807, 2.05) is 6.07 Å². The van der Waals surface area contributed by atoms with Crippen molar-refractivity contribution >= 4 is 33.2 Å². The molecule has 1 saturated heterocycles. The highest BCUT2D eigenvalue weighted by atomic mass is 32.2. The van der Waals surface area contributed by atoms with Crippen LogP contribution in [0.25, 0.3) is 0 Å². The molecule has 1 aliphatic rings. The normalized spacial score (nSPS) is 13.8. The van der Waals surface area contributed by atoms with Crippen molar-refractivity contribution in [2.24, 2.45) is 0 Å². The summed E-state index contributed by atoms with van der Waals surface area (Å²) in [7, 11) is -3.45. The van der Waals surface area contributed by atoms with E-state index in [1.54, 1.807) is 53.4 Å². The van der Waals surface area contributed by atoms with Crippen LogP contribution in [0, 0.1) is 0 Å². The Bertz CT molecular complexity index is 986. The van der Waals surface area contributed by atoms with Gasteiger partial charge in [0.1, 0.15) is 0 Å². The Morgan fingerprint density at radius 3 is 2.30 bits per heavy atom. The zero-order chi connectivity index (χ0) is 21.6. The maximum Gasteiger partial charge on any atom is 0.255 e. The van der Waals surface area contributed by atoms with E-state index in [0.29, 0.717) is 23.4 Å². The van der Waals surface area contributed by atoms with Gasteiger partial charge in [0.25, 0.3) is 5.91 Å². The SMILES string of the molecule is CS(=O)(=O)N(CCCC(=O)Nc1ccccc1C(=O)N1CCCC1)c1ccccc1. The van der Waals surface area contributed by atoms with Gasteiger partial charge in [0, 0.05) is 26.1 Å². The molecule has 1 fully saturated rings. The average Bonchev–Trinajstić information content (AvgIpc) is 3.26. The highest BCUT2D eigenvalue weighted by Crippen LogP contribution is 2.21. The van der Waals surface area contributed by atoms with Crippen molar-refractivity contribution in [1.29, 1.82) is 0 Å². The van der Waals surface area contributed by atoms with Crippen LogP contribution in [-0.2, 0) is 14.8 Å². The first-order chi connectivity index (χ1) is 14.4. The van der Waals surface area contributed by atoms with Crippen LogP contribution in [-0.4, -0.2) is 51.0 Å². The van der Waals surface area contributed by atoms with Gasteiger partial charge in [-0.2, -0.15) is 0 Å². The van der Waals surface area contributed by atoms with Crippen molar-refractivity contribution in [1.82, 2.24) is 4.90 Å². The third-order valence-electron chi connectivity index (χ3n) is 5.03. The van der Waals surface area contributed by atoms with Crippen molar-refractivity contribution in [3.05, 3.63) is 60.2 Å². The van der Waals surface area contributed by atoms with E-state index >= 15 is 0 Å². The number of carbonyl (C=O) groups excluding carboxylic acids is 2. The number of para-hydroxylation sites is 2. The Labute approximate surface area is 177 Å². The summed E-state index contributed by atoms with van der Waals surface area (Å²) in [5.74, 6) is -0.325. The first-order valence-electron chi connectivity index (χ1n) is 10.1. The monoisotopic (exact) mass is 429 g/mol. The molecule has 7 nitrogen and oxygen atoms in total. The molecule has 0 saturated carbocycles. The van der Waals surface area contributed by atoms with E-state index in [4.69, 9.17) is 0 Å². The summed E-state index contributed by atoms with van der Waals surface area (Å²) < 4.78 is 25.6. The summed E-state index contributed by atoms with van der Waals surface area (Å²) in [5.41, 5.74) is 1.54. The number of nitrogens with zero attached hydrogens (tertiary/aromatic N) is 2. The molecule has 1 aliphatic heterocycles. The van der Waals surface area contributed by atoms with E-state index in [2.05, 4.69) is 5.32 Å². The minimum absolute atomic E-state index is 0.0734. The lowest BCUT2D eigenvalue weighted by molar-refractivity contribution is -0.116. The summed E-state index contributed by atoms with van der Waals surface area (Å²) in [5, 5.41) is 2.81. The topological polar surface area (TPSA) is 86.8 Å². The summed E-state index contributed by atoms with van der Waals surface area (Å²) in [6.45, 7) is 1.68. The number of hydrogen-bond donors (Lipinski definition) is 1. The first kappa shape index (κ1) is 21.8. The summed E-state index contributed by atoms with van der Waals surface area (Å²) in [4.78, 5) is 27.0. The number of hydrogen-bond acceptors (Lipinski definition) is 4. The van der Waals surface area contributed by atoms with Crippen molar-refractivity contribution < 1.29 is 18.0 Å². The molecule has 3 rings (SSSR count). The molecule has 0 radical (unpaired) electrons. The van der Waals surface area contributed by atoms with Gasteiger partial charge in [-0.3, -0.25) is 13.9 Å². The van der Waals surface area contributed by atoms with Crippen molar-refractivity contribution in [2.75, 3.05) is 35.5 Å². The fourth-order valence-corrected chi connectivity index (χ4v) is 4.51. The molecule has 2 aromatic rings. The molecule has 0 aromatic heterocycles. The number of rotatable bonds is 8. The van der Waals surface area contributed by atoms with Crippen molar-refractivity contribution in [2.45, 2.75) is 25.7 Å². The maximum atomic E-state index is 12.7. The van der Waals surface area contributed by atoms with Gasteiger partial charge in [0.05, 0.1) is 23.2 Å². The van der Waals surface area contributed by atoms with Crippen molar-refractivity contribution in [3.63, 3.8) is 0 Å². The van der Waals surface area contributed by atoms with Gasteiger partial charge in [0.2, 0.25) is 15.9 Å². The lowest BCUT2D eigenvalue weighted by atomic mass is 10.1. The predicted molar refractivity (Wildman–Crippen MR) is 118 cm³/mol. The molecule has 1 N–H and O–H groups in total. The molecule has 1 heterocycles. The summed E-state index contributed by atoms with van der Waals surface area (Å²) in [6, 6.07) is 15.8. The molecule has 0 atom stereocenters.